The Morgan fingerprint density at radius 1 is 1.06 bits per heavy atom. The number of carbonyl (C=O) groups is 1. The van der Waals surface area contributed by atoms with E-state index >= 15 is 0 Å². The van der Waals surface area contributed by atoms with Crippen molar-refractivity contribution in [3.8, 4) is 11.5 Å². The van der Waals surface area contributed by atoms with Crippen molar-refractivity contribution >= 4 is 16.7 Å². The van der Waals surface area contributed by atoms with Gasteiger partial charge in [0.2, 0.25) is 0 Å². The zero-order chi connectivity index (χ0) is 13.3. The fourth-order valence-electron chi connectivity index (χ4n) is 1.53. The lowest BCUT2D eigenvalue weighted by Crippen LogP contribution is -2.25. The van der Waals surface area contributed by atoms with Gasteiger partial charge >= 0.3 is 5.97 Å². The van der Waals surface area contributed by atoms with Crippen LogP contribution < -0.4 is 4.74 Å². The van der Waals surface area contributed by atoms with Crippen molar-refractivity contribution in [3.05, 3.63) is 36.4 Å². The molecule has 0 aromatic heterocycles. The molecule has 0 heterocycles. The Labute approximate surface area is 106 Å². The third kappa shape index (κ3) is 2.62. The van der Waals surface area contributed by atoms with Crippen LogP contribution in [0.25, 0.3) is 10.8 Å². The molecular weight excluding hydrogens is 228 g/mol. The summed E-state index contributed by atoms with van der Waals surface area (Å²) in [6.07, 6.45) is 0. The number of hydrogen-bond acceptors (Lipinski definition) is 3. The monoisotopic (exact) mass is 244 g/mol. The highest BCUT2D eigenvalue weighted by Crippen LogP contribution is 2.26. The number of fused-ring (bicyclic) bond motifs is 1. The van der Waals surface area contributed by atoms with E-state index in [4.69, 9.17) is 4.74 Å². The maximum absolute atomic E-state index is 11.8. The molecule has 2 aromatic carbocycles. The van der Waals surface area contributed by atoms with Gasteiger partial charge in [-0.1, -0.05) is 12.1 Å². The molecule has 0 radical (unpaired) electrons. The summed E-state index contributed by atoms with van der Waals surface area (Å²) >= 11 is 0. The van der Waals surface area contributed by atoms with Crippen molar-refractivity contribution in [2.75, 3.05) is 0 Å². The summed E-state index contributed by atoms with van der Waals surface area (Å²) < 4.78 is 5.32. The third-order valence-corrected chi connectivity index (χ3v) is 2.62. The average molecular weight is 244 g/mol. The molecule has 0 atom stereocenters. The third-order valence-electron chi connectivity index (χ3n) is 2.62. The molecule has 0 bridgehead atoms. The van der Waals surface area contributed by atoms with E-state index in [0.29, 0.717) is 5.75 Å². The maximum Gasteiger partial charge on any atom is 0.316 e. The molecule has 0 saturated heterocycles. The first-order valence-electron chi connectivity index (χ1n) is 5.81. The average Bonchev–Trinajstić information content (AvgIpc) is 2.28. The van der Waals surface area contributed by atoms with Crippen LogP contribution in [0.2, 0.25) is 0 Å². The van der Waals surface area contributed by atoms with Gasteiger partial charge in [-0.2, -0.15) is 0 Å². The molecule has 0 amide bonds. The molecule has 0 aliphatic carbocycles. The molecule has 0 saturated carbocycles. The minimum absolute atomic E-state index is 0.224. The zero-order valence-electron chi connectivity index (χ0n) is 10.7. The summed E-state index contributed by atoms with van der Waals surface area (Å²) in [6.45, 7) is 5.44. The Morgan fingerprint density at radius 3 is 2.33 bits per heavy atom. The lowest BCUT2D eigenvalue weighted by Gasteiger charge is -2.16. The Hall–Kier alpha value is -2.03. The van der Waals surface area contributed by atoms with Crippen LogP contribution in [0.3, 0.4) is 0 Å². The molecule has 2 aromatic rings. The predicted molar refractivity (Wildman–Crippen MR) is 70.7 cm³/mol. The summed E-state index contributed by atoms with van der Waals surface area (Å²) in [5.74, 6) is 0.482. The summed E-state index contributed by atoms with van der Waals surface area (Å²) in [6, 6.07) is 10.4. The number of carbonyl (C=O) groups excluding carboxylic acids is 1. The standard InChI is InChI=1S/C15H16O3/c1-15(2,3)14(17)18-13-7-5-10-8-12(16)6-4-11(10)9-13/h4-9,16H,1-3H3. The van der Waals surface area contributed by atoms with E-state index in [-0.39, 0.29) is 11.7 Å². The van der Waals surface area contributed by atoms with Crippen LogP contribution in [-0.2, 0) is 4.79 Å². The smallest absolute Gasteiger partial charge is 0.316 e. The van der Waals surface area contributed by atoms with Crippen LogP contribution in [0, 0.1) is 5.41 Å². The molecule has 0 aliphatic heterocycles. The van der Waals surface area contributed by atoms with Gasteiger partial charge in [0.1, 0.15) is 11.5 Å². The number of esters is 1. The Balaban J connectivity index is 2.31. The number of benzene rings is 2. The maximum atomic E-state index is 11.8. The molecule has 0 fully saturated rings. The highest BCUT2D eigenvalue weighted by atomic mass is 16.5. The van der Waals surface area contributed by atoms with E-state index in [1.807, 2.05) is 26.8 Å². The highest BCUT2D eigenvalue weighted by Gasteiger charge is 2.23. The first-order chi connectivity index (χ1) is 8.36. The van der Waals surface area contributed by atoms with Crippen molar-refractivity contribution in [1.82, 2.24) is 0 Å². The van der Waals surface area contributed by atoms with Crippen LogP contribution >= 0.6 is 0 Å². The normalized spacial score (nSPS) is 11.5. The fourth-order valence-corrected chi connectivity index (χ4v) is 1.53. The van der Waals surface area contributed by atoms with Gasteiger partial charge < -0.3 is 9.84 Å². The number of rotatable bonds is 1. The minimum atomic E-state index is -0.524. The lowest BCUT2D eigenvalue weighted by atomic mass is 9.97. The Kier molecular flexibility index (Phi) is 2.99. The molecule has 0 unspecified atom stereocenters. The second-order valence-electron chi connectivity index (χ2n) is 5.33. The summed E-state index contributed by atoms with van der Waals surface area (Å²) in [5.41, 5.74) is -0.524. The molecule has 0 aliphatic rings. The first-order valence-corrected chi connectivity index (χ1v) is 5.81. The van der Waals surface area contributed by atoms with Crippen LogP contribution in [0.5, 0.6) is 11.5 Å². The van der Waals surface area contributed by atoms with E-state index in [9.17, 15) is 9.90 Å². The van der Waals surface area contributed by atoms with E-state index in [0.717, 1.165) is 10.8 Å². The zero-order valence-corrected chi connectivity index (χ0v) is 10.7. The second-order valence-corrected chi connectivity index (χ2v) is 5.33. The quantitative estimate of drug-likeness (QED) is 0.617. The van der Waals surface area contributed by atoms with Crippen molar-refractivity contribution < 1.29 is 14.6 Å². The molecular formula is C15H16O3. The van der Waals surface area contributed by atoms with Crippen LogP contribution in [0.15, 0.2) is 36.4 Å². The van der Waals surface area contributed by atoms with Gasteiger partial charge in [-0.25, -0.2) is 0 Å². The number of phenols is 1. The van der Waals surface area contributed by atoms with Gasteiger partial charge in [-0.3, -0.25) is 4.79 Å². The van der Waals surface area contributed by atoms with Gasteiger partial charge in [-0.05, 0) is 55.8 Å². The molecule has 3 heteroatoms. The number of aromatic hydroxyl groups is 1. The van der Waals surface area contributed by atoms with Gasteiger partial charge in [0, 0.05) is 0 Å². The summed E-state index contributed by atoms with van der Waals surface area (Å²) in [7, 11) is 0. The van der Waals surface area contributed by atoms with Gasteiger partial charge in [-0.15, -0.1) is 0 Å². The Morgan fingerprint density at radius 2 is 1.67 bits per heavy atom. The number of phenolic OH excluding ortho intramolecular Hbond substituents is 1. The number of hydrogen-bond donors (Lipinski definition) is 1. The molecule has 18 heavy (non-hydrogen) atoms. The lowest BCUT2D eigenvalue weighted by molar-refractivity contribution is -0.142. The van der Waals surface area contributed by atoms with Crippen molar-refractivity contribution in [2.45, 2.75) is 20.8 Å². The molecule has 3 nitrogen and oxygen atoms in total. The predicted octanol–water partition coefficient (Wildman–Crippen LogP) is 3.50. The van der Waals surface area contributed by atoms with Gasteiger partial charge in [0.15, 0.2) is 0 Å². The topological polar surface area (TPSA) is 46.5 Å². The van der Waals surface area contributed by atoms with E-state index in [1.54, 1.807) is 30.3 Å². The number of ether oxygens (including phenoxy) is 1. The van der Waals surface area contributed by atoms with Crippen molar-refractivity contribution in [2.24, 2.45) is 5.41 Å². The van der Waals surface area contributed by atoms with Crippen LogP contribution in [0.1, 0.15) is 20.8 Å². The van der Waals surface area contributed by atoms with Gasteiger partial charge in [0.25, 0.3) is 0 Å². The molecule has 0 spiro atoms. The largest absolute Gasteiger partial charge is 0.508 e. The summed E-state index contributed by atoms with van der Waals surface area (Å²) in [5, 5.41) is 11.2. The fraction of sp³-hybridized carbons (Fsp3) is 0.267. The Bertz CT molecular complexity index is 594. The second kappa shape index (κ2) is 4.33. The first kappa shape index (κ1) is 12.4. The minimum Gasteiger partial charge on any atom is -0.508 e. The van der Waals surface area contributed by atoms with Gasteiger partial charge in [0.05, 0.1) is 5.41 Å². The van der Waals surface area contributed by atoms with E-state index in [2.05, 4.69) is 0 Å². The van der Waals surface area contributed by atoms with E-state index in [1.165, 1.54) is 0 Å². The molecule has 2 rings (SSSR count). The van der Waals surface area contributed by atoms with Crippen LogP contribution in [-0.4, -0.2) is 11.1 Å². The van der Waals surface area contributed by atoms with Crippen molar-refractivity contribution in [3.63, 3.8) is 0 Å². The van der Waals surface area contributed by atoms with Crippen molar-refractivity contribution in [1.29, 1.82) is 0 Å². The highest BCUT2D eigenvalue weighted by molar-refractivity contribution is 5.86. The van der Waals surface area contributed by atoms with E-state index < -0.39 is 5.41 Å². The molecule has 1 N–H and O–H groups in total. The molecule has 94 valence electrons. The summed E-state index contributed by atoms with van der Waals surface area (Å²) in [4.78, 5) is 11.8. The van der Waals surface area contributed by atoms with Crippen LogP contribution in [0.4, 0.5) is 0 Å². The SMILES string of the molecule is CC(C)(C)C(=O)Oc1ccc2cc(O)ccc2c1.